The fourth-order valence-corrected chi connectivity index (χ4v) is 3.34. The Morgan fingerprint density at radius 3 is 2.86 bits per heavy atom. The molecule has 0 amide bonds. The number of rotatable bonds is 3. The molecule has 0 bridgehead atoms. The zero-order chi connectivity index (χ0) is 14.7. The Labute approximate surface area is 133 Å². The largest absolute Gasteiger partial charge is 0.491 e. The quantitative estimate of drug-likeness (QED) is 0.926. The first kappa shape index (κ1) is 14.4. The minimum absolute atomic E-state index is 0.677. The third-order valence-electron chi connectivity index (χ3n) is 3.74. The number of nitrogens with two attached hydrogens (primary N) is 1. The Balaban J connectivity index is 1.87. The van der Waals surface area contributed by atoms with Gasteiger partial charge in [-0.25, -0.2) is 0 Å². The summed E-state index contributed by atoms with van der Waals surface area (Å²) < 4.78 is 6.95. The zero-order valence-electron chi connectivity index (χ0n) is 11.9. The SMILES string of the molecule is NCCc1ccc(N2CCOc3ccccc3C2)c(Br)c1. The fourth-order valence-electron chi connectivity index (χ4n) is 2.66. The maximum absolute atomic E-state index is 5.83. The summed E-state index contributed by atoms with van der Waals surface area (Å²) in [6.45, 7) is 3.12. The number of fused-ring (bicyclic) bond motifs is 1. The van der Waals surface area contributed by atoms with E-state index in [4.69, 9.17) is 10.5 Å². The minimum Gasteiger partial charge on any atom is -0.491 e. The lowest BCUT2D eigenvalue weighted by atomic mass is 10.1. The normalized spacial score (nSPS) is 14.3. The van der Waals surface area contributed by atoms with Gasteiger partial charge in [0.2, 0.25) is 0 Å². The van der Waals surface area contributed by atoms with E-state index in [2.05, 4.69) is 51.2 Å². The average Bonchev–Trinajstić information content (AvgIpc) is 2.70. The molecule has 1 heterocycles. The van der Waals surface area contributed by atoms with Gasteiger partial charge in [0.15, 0.2) is 0 Å². The molecule has 0 atom stereocenters. The maximum atomic E-state index is 5.83. The van der Waals surface area contributed by atoms with Crippen molar-refractivity contribution in [2.75, 3.05) is 24.6 Å². The summed E-state index contributed by atoms with van der Waals surface area (Å²) in [6, 6.07) is 14.7. The van der Waals surface area contributed by atoms with Crippen LogP contribution in [-0.2, 0) is 13.0 Å². The van der Waals surface area contributed by atoms with Gasteiger partial charge in [-0.05, 0) is 52.7 Å². The summed E-state index contributed by atoms with van der Waals surface area (Å²) >= 11 is 3.69. The van der Waals surface area contributed by atoms with Crippen LogP contribution in [0.1, 0.15) is 11.1 Å². The predicted octanol–water partition coefficient (Wildman–Crippen LogP) is 3.35. The van der Waals surface area contributed by atoms with Crippen LogP contribution in [0, 0.1) is 0 Å². The van der Waals surface area contributed by atoms with E-state index in [0.717, 1.165) is 29.7 Å². The molecule has 2 aromatic carbocycles. The molecule has 0 saturated heterocycles. The monoisotopic (exact) mass is 346 g/mol. The van der Waals surface area contributed by atoms with Crippen LogP contribution in [0.4, 0.5) is 5.69 Å². The van der Waals surface area contributed by atoms with Gasteiger partial charge in [0.1, 0.15) is 12.4 Å². The number of ether oxygens (including phenoxy) is 1. The maximum Gasteiger partial charge on any atom is 0.124 e. The predicted molar refractivity (Wildman–Crippen MR) is 89.9 cm³/mol. The Morgan fingerprint density at radius 2 is 2.05 bits per heavy atom. The molecule has 0 aliphatic carbocycles. The van der Waals surface area contributed by atoms with Gasteiger partial charge in [0, 0.05) is 16.6 Å². The smallest absolute Gasteiger partial charge is 0.124 e. The molecule has 0 fully saturated rings. The van der Waals surface area contributed by atoms with Crippen molar-refractivity contribution >= 4 is 21.6 Å². The summed E-state index contributed by atoms with van der Waals surface area (Å²) in [7, 11) is 0. The van der Waals surface area contributed by atoms with Crippen LogP contribution >= 0.6 is 15.9 Å². The fraction of sp³-hybridized carbons (Fsp3) is 0.294. The Hall–Kier alpha value is -1.52. The van der Waals surface area contributed by atoms with Crippen molar-refractivity contribution in [3.63, 3.8) is 0 Å². The molecule has 0 unspecified atom stereocenters. The van der Waals surface area contributed by atoms with E-state index < -0.39 is 0 Å². The van der Waals surface area contributed by atoms with Gasteiger partial charge in [-0.1, -0.05) is 24.3 Å². The Bertz CT molecular complexity index is 630. The lowest BCUT2D eigenvalue weighted by Gasteiger charge is -2.24. The number of hydrogen-bond acceptors (Lipinski definition) is 3. The third-order valence-corrected chi connectivity index (χ3v) is 4.37. The highest BCUT2D eigenvalue weighted by atomic mass is 79.9. The highest BCUT2D eigenvalue weighted by Crippen LogP contribution is 2.31. The second-order valence-corrected chi connectivity index (χ2v) is 6.06. The average molecular weight is 347 g/mol. The standard InChI is InChI=1S/C17H19BrN2O/c18-15-11-13(7-8-19)5-6-16(15)20-9-10-21-17-4-2-1-3-14(17)12-20/h1-6,11H,7-10,12,19H2. The number of benzene rings is 2. The van der Waals surface area contributed by atoms with Gasteiger partial charge in [-0.3, -0.25) is 0 Å². The van der Waals surface area contributed by atoms with Gasteiger partial charge in [-0.15, -0.1) is 0 Å². The van der Waals surface area contributed by atoms with Gasteiger partial charge in [-0.2, -0.15) is 0 Å². The van der Waals surface area contributed by atoms with Crippen molar-refractivity contribution in [2.24, 2.45) is 5.73 Å². The van der Waals surface area contributed by atoms with Crippen LogP contribution in [0.2, 0.25) is 0 Å². The molecule has 4 heteroatoms. The molecule has 21 heavy (non-hydrogen) atoms. The molecule has 0 radical (unpaired) electrons. The lowest BCUT2D eigenvalue weighted by Crippen LogP contribution is -2.25. The summed E-state index contributed by atoms with van der Waals surface area (Å²) in [4.78, 5) is 2.35. The first-order valence-corrected chi connectivity index (χ1v) is 8.01. The number of para-hydroxylation sites is 1. The number of nitrogens with zero attached hydrogens (tertiary/aromatic N) is 1. The van der Waals surface area contributed by atoms with Crippen molar-refractivity contribution in [1.82, 2.24) is 0 Å². The van der Waals surface area contributed by atoms with Crippen LogP contribution < -0.4 is 15.4 Å². The summed E-state index contributed by atoms with van der Waals surface area (Å²) in [6.07, 6.45) is 0.908. The van der Waals surface area contributed by atoms with E-state index >= 15 is 0 Å². The highest BCUT2D eigenvalue weighted by molar-refractivity contribution is 9.10. The summed E-state index contributed by atoms with van der Waals surface area (Å²) in [5, 5.41) is 0. The van der Waals surface area contributed by atoms with E-state index in [1.165, 1.54) is 16.8 Å². The molecule has 110 valence electrons. The van der Waals surface area contributed by atoms with Crippen molar-refractivity contribution in [2.45, 2.75) is 13.0 Å². The van der Waals surface area contributed by atoms with Crippen LogP contribution in [0.5, 0.6) is 5.75 Å². The van der Waals surface area contributed by atoms with Crippen molar-refractivity contribution in [3.8, 4) is 5.75 Å². The van der Waals surface area contributed by atoms with E-state index in [-0.39, 0.29) is 0 Å². The molecule has 3 nitrogen and oxygen atoms in total. The molecule has 1 aliphatic heterocycles. The molecule has 0 spiro atoms. The number of hydrogen-bond donors (Lipinski definition) is 1. The third kappa shape index (κ3) is 3.22. The zero-order valence-corrected chi connectivity index (χ0v) is 13.5. The molecule has 1 aliphatic rings. The Morgan fingerprint density at radius 1 is 1.19 bits per heavy atom. The second kappa shape index (κ2) is 6.50. The van der Waals surface area contributed by atoms with Crippen LogP contribution in [0.3, 0.4) is 0 Å². The van der Waals surface area contributed by atoms with Gasteiger partial charge in [0.25, 0.3) is 0 Å². The van der Waals surface area contributed by atoms with Gasteiger partial charge >= 0.3 is 0 Å². The highest BCUT2D eigenvalue weighted by Gasteiger charge is 2.17. The van der Waals surface area contributed by atoms with Crippen molar-refractivity contribution in [1.29, 1.82) is 0 Å². The van der Waals surface area contributed by atoms with E-state index in [1.807, 2.05) is 12.1 Å². The first-order valence-electron chi connectivity index (χ1n) is 7.22. The topological polar surface area (TPSA) is 38.5 Å². The molecule has 2 aromatic rings. The van der Waals surface area contributed by atoms with Crippen LogP contribution in [0.15, 0.2) is 46.9 Å². The number of halogens is 1. The minimum atomic E-state index is 0.677. The first-order chi connectivity index (χ1) is 10.3. The summed E-state index contributed by atoms with van der Waals surface area (Å²) in [5.74, 6) is 0.996. The van der Waals surface area contributed by atoms with Gasteiger partial charge in [0.05, 0.1) is 12.2 Å². The molecular formula is C17H19BrN2O. The lowest BCUT2D eigenvalue weighted by molar-refractivity contribution is 0.331. The van der Waals surface area contributed by atoms with E-state index in [0.29, 0.717) is 13.2 Å². The second-order valence-electron chi connectivity index (χ2n) is 5.20. The van der Waals surface area contributed by atoms with E-state index in [1.54, 1.807) is 0 Å². The molecule has 0 aromatic heterocycles. The van der Waals surface area contributed by atoms with Crippen LogP contribution in [-0.4, -0.2) is 19.7 Å². The Kier molecular flexibility index (Phi) is 4.46. The van der Waals surface area contributed by atoms with Crippen LogP contribution in [0.25, 0.3) is 0 Å². The molecule has 2 N–H and O–H groups in total. The van der Waals surface area contributed by atoms with Crippen molar-refractivity contribution in [3.05, 3.63) is 58.1 Å². The summed E-state index contributed by atoms with van der Waals surface area (Å²) in [5.41, 5.74) is 9.32. The van der Waals surface area contributed by atoms with Crippen molar-refractivity contribution < 1.29 is 4.74 Å². The van der Waals surface area contributed by atoms with Gasteiger partial charge < -0.3 is 15.4 Å². The molecular weight excluding hydrogens is 328 g/mol. The number of anilines is 1. The molecule has 0 saturated carbocycles. The molecule has 3 rings (SSSR count). The van der Waals surface area contributed by atoms with E-state index in [9.17, 15) is 0 Å².